The molecular formula is C22H27N3O3. The Morgan fingerprint density at radius 3 is 2.50 bits per heavy atom. The van der Waals surface area contributed by atoms with Gasteiger partial charge in [0.2, 0.25) is 0 Å². The third kappa shape index (κ3) is 4.82. The standard InChI is InChI=1S/C22H27N3O3/c1-17-9-8-12-19(21(26)25-13-6-7-14-25)20(17)23-22(27)24(2)15-16-28-18-10-4-3-5-11-18/h3-5,8-12H,6-7,13-16H2,1-2H3,(H,23,27). The summed E-state index contributed by atoms with van der Waals surface area (Å²) in [5.41, 5.74) is 2.00. The third-order valence-electron chi connectivity index (χ3n) is 4.91. The lowest BCUT2D eigenvalue weighted by Crippen LogP contribution is -2.36. The Hall–Kier alpha value is -3.02. The fraction of sp³-hybridized carbons (Fsp3) is 0.364. The summed E-state index contributed by atoms with van der Waals surface area (Å²) in [6, 6.07) is 14.8. The molecule has 2 aromatic carbocycles. The molecule has 1 N–H and O–H groups in total. The van der Waals surface area contributed by atoms with Crippen LogP contribution in [0.25, 0.3) is 0 Å². The van der Waals surface area contributed by atoms with E-state index >= 15 is 0 Å². The molecule has 3 amide bonds. The first-order valence-electron chi connectivity index (χ1n) is 9.65. The van der Waals surface area contributed by atoms with Crippen molar-refractivity contribution < 1.29 is 14.3 Å². The number of benzene rings is 2. The summed E-state index contributed by atoms with van der Waals surface area (Å²) in [6.07, 6.45) is 2.06. The van der Waals surface area contributed by atoms with Crippen molar-refractivity contribution in [2.24, 2.45) is 0 Å². The average Bonchev–Trinajstić information content (AvgIpc) is 3.24. The summed E-state index contributed by atoms with van der Waals surface area (Å²) in [6.45, 7) is 4.27. The third-order valence-corrected chi connectivity index (χ3v) is 4.91. The molecule has 3 rings (SSSR count). The number of ether oxygens (including phenoxy) is 1. The van der Waals surface area contributed by atoms with Gasteiger partial charge in [-0.25, -0.2) is 4.79 Å². The van der Waals surface area contributed by atoms with E-state index < -0.39 is 0 Å². The zero-order valence-corrected chi connectivity index (χ0v) is 16.5. The van der Waals surface area contributed by atoms with Crippen LogP contribution in [0.5, 0.6) is 5.75 Å². The molecule has 1 aliphatic rings. The first kappa shape index (κ1) is 19.7. The van der Waals surface area contributed by atoms with E-state index in [1.807, 2.05) is 54.3 Å². The van der Waals surface area contributed by atoms with Gasteiger partial charge in [0.25, 0.3) is 5.91 Å². The summed E-state index contributed by atoms with van der Waals surface area (Å²) in [5, 5.41) is 2.92. The first-order valence-corrected chi connectivity index (χ1v) is 9.65. The molecule has 28 heavy (non-hydrogen) atoms. The van der Waals surface area contributed by atoms with Gasteiger partial charge in [-0.1, -0.05) is 30.3 Å². The molecule has 0 radical (unpaired) electrons. The van der Waals surface area contributed by atoms with Crippen molar-refractivity contribution in [1.82, 2.24) is 9.80 Å². The number of carbonyl (C=O) groups is 2. The van der Waals surface area contributed by atoms with E-state index in [4.69, 9.17) is 4.74 Å². The van der Waals surface area contributed by atoms with E-state index in [2.05, 4.69) is 5.32 Å². The molecule has 0 bridgehead atoms. The van der Waals surface area contributed by atoms with Crippen LogP contribution in [0, 0.1) is 6.92 Å². The maximum atomic E-state index is 12.8. The fourth-order valence-corrected chi connectivity index (χ4v) is 3.22. The van der Waals surface area contributed by atoms with E-state index in [-0.39, 0.29) is 11.9 Å². The summed E-state index contributed by atoms with van der Waals surface area (Å²) in [7, 11) is 1.71. The number of nitrogens with one attached hydrogen (secondary N) is 1. The molecule has 0 saturated carbocycles. The lowest BCUT2D eigenvalue weighted by molar-refractivity contribution is 0.0793. The van der Waals surface area contributed by atoms with Crippen LogP contribution >= 0.6 is 0 Å². The van der Waals surface area contributed by atoms with Gasteiger partial charge in [-0.2, -0.15) is 0 Å². The van der Waals surface area contributed by atoms with Gasteiger partial charge in [0.15, 0.2) is 0 Å². The van der Waals surface area contributed by atoms with Crippen molar-refractivity contribution in [1.29, 1.82) is 0 Å². The van der Waals surface area contributed by atoms with Crippen LogP contribution in [0.3, 0.4) is 0 Å². The number of carbonyl (C=O) groups excluding carboxylic acids is 2. The number of amides is 3. The largest absolute Gasteiger partial charge is 0.492 e. The predicted octanol–water partition coefficient (Wildman–Crippen LogP) is 3.77. The second-order valence-corrected chi connectivity index (χ2v) is 7.01. The number of anilines is 1. The molecule has 6 nitrogen and oxygen atoms in total. The molecule has 0 atom stereocenters. The number of nitrogens with zero attached hydrogens (tertiary/aromatic N) is 2. The predicted molar refractivity (Wildman–Crippen MR) is 110 cm³/mol. The summed E-state index contributed by atoms with van der Waals surface area (Å²) in [5.74, 6) is 0.750. The molecule has 0 aromatic heterocycles. The molecule has 0 spiro atoms. The zero-order valence-electron chi connectivity index (χ0n) is 16.5. The highest BCUT2D eigenvalue weighted by Crippen LogP contribution is 2.24. The second-order valence-electron chi connectivity index (χ2n) is 7.01. The fourth-order valence-electron chi connectivity index (χ4n) is 3.22. The van der Waals surface area contributed by atoms with Gasteiger partial charge >= 0.3 is 6.03 Å². The van der Waals surface area contributed by atoms with E-state index in [1.54, 1.807) is 18.0 Å². The summed E-state index contributed by atoms with van der Waals surface area (Å²) < 4.78 is 5.65. The van der Waals surface area contributed by atoms with E-state index in [1.165, 1.54) is 0 Å². The highest BCUT2D eigenvalue weighted by molar-refractivity contribution is 6.04. The molecule has 148 valence electrons. The van der Waals surface area contributed by atoms with E-state index in [9.17, 15) is 9.59 Å². The van der Waals surface area contributed by atoms with Crippen molar-refractivity contribution >= 4 is 17.6 Å². The summed E-state index contributed by atoms with van der Waals surface area (Å²) >= 11 is 0. The number of likely N-dealkylation sites (N-methyl/N-ethyl adjacent to an activating group) is 1. The van der Waals surface area contributed by atoms with Crippen LogP contribution in [0.15, 0.2) is 48.5 Å². The molecule has 0 unspecified atom stereocenters. The van der Waals surface area contributed by atoms with Gasteiger partial charge in [0, 0.05) is 20.1 Å². The number of hydrogen-bond acceptors (Lipinski definition) is 3. The van der Waals surface area contributed by atoms with Crippen LogP contribution in [0.1, 0.15) is 28.8 Å². The van der Waals surface area contributed by atoms with Crippen LogP contribution in [0.4, 0.5) is 10.5 Å². The second kappa shape index (κ2) is 9.26. The monoisotopic (exact) mass is 381 g/mol. The maximum Gasteiger partial charge on any atom is 0.321 e. The Balaban J connectivity index is 1.62. The molecule has 0 aliphatic carbocycles. The highest BCUT2D eigenvalue weighted by atomic mass is 16.5. The van der Waals surface area contributed by atoms with Crippen molar-refractivity contribution in [3.63, 3.8) is 0 Å². The molecule has 6 heteroatoms. The van der Waals surface area contributed by atoms with E-state index in [0.29, 0.717) is 24.4 Å². The van der Waals surface area contributed by atoms with Gasteiger partial charge in [-0.05, 0) is 43.5 Å². The Morgan fingerprint density at radius 2 is 1.79 bits per heavy atom. The molecule has 2 aromatic rings. The van der Waals surface area contributed by atoms with Crippen molar-refractivity contribution in [3.05, 3.63) is 59.7 Å². The zero-order chi connectivity index (χ0) is 19.9. The maximum absolute atomic E-state index is 12.8. The van der Waals surface area contributed by atoms with Crippen LogP contribution in [-0.2, 0) is 0 Å². The highest BCUT2D eigenvalue weighted by Gasteiger charge is 2.23. The Kier molecular flexibility index (Phi) is 6.53. The average molecular weight is 381 g/mol. The number of rotatable bonds is 6. The molecule has 1 fully saturated rings. The summed E-state index contributed by atoms with van der Waals surface area (Å²) in [4.78, 5) is 28.9. The number of likely N-dealkylation sites (tertiary alicyclic amines) is 1. The lowest BCUT2D eigenvalue weighted by Gasteiger charge is -2.22. The molecule has 1 aliphatic heterocycles. The number of hydrogen-bond donors (Lipinski definition) is 1. The number of aryl methyl sites for hydroxylation is 1. The quantitative estimate of drug-likeness (QED) is 0.828. The lowest BCUT2D eigenvalue weighted by atomic mass is 10.1. The van der Waals surface area contributed by atoms with Gasteiger partial charge in [0.1, 0.15) is 12.4 Å². The van der Waals surface area contributed by atoms with Gasteiger partial charge in [-0.15, -0.1) is 0 Å². The van der Waals surface area contributed by atoms with E-state index in [0.717, 1.165) is 37.2 Å². The topological polar surface area (TPSA) is 61.9 Å². The van der Waals surface area contributed by atoms with Crippen molar-refractivity contribution in [2.75, 3.05) is 38.6 Å². The molecule has 1 heterocycles. The van der Waals surface area contributed by atoms with Gasteiger partial charge < -0.3 is 19.9 Å². The van der Waals surface area contributed by atoms with Gasteiger partial charge in [0.05, 0.1) is 17.8 Å². The Morgan fingerprint density at radius 1 is 1.07 bits per heavy atom. The van der Waals surface area contributed by atoms with Crippen molar-refractivity contribution in [3.8, 4) is 5.75 Å². The normalized spacial score (nSPS) is 13.3. The van der Waals surface area contributed by atoms with Crippen LogP contribution < -0.4 is 10.1 Å². The SMILES string of the molecule is Cc1cccc(C(=O)N2CCCC2)c1NC(=O)N(C)CCOc1ccccc1. The van der Waals surface area contributed by atoms with Crippen LogP contribution in [-0.4, -0.2) is 55.0 Å². The Bertz CT molecular complexity index is 817. The number of para-hydroxylation sites is 2. The minimum absolute atomic E-state index is 0.0217. The first-order chi connectivity index (χ1) is 13.6. The van der Waals surface area contributed by atoms with Crippen LogP contribution in [0.2, 0.25) is 0 Å². The minimum atomic E-state index is -0.263. The molecular weight excluding hydrogens is 354 g/mol. The molecule has 1 saturated heterocycles. The van der Waals surface area contributed by atoms with Crippen molar-refractivity contribution in [2.45, 2.75) is 19.8 Å². The van der Waals surface area contributed by atoms with Gasteiger partial charge in [-0.3, -0.25) is 4.79 Å². The number of urea groups is 1. The Labute approximate surface area is 166 Å². The smallest absolute Gasteiger partial charge is 0.321 e. The minimum Gasteiger partial charge on any atom is -0.492 e.